The topological polar surface area (TPSA) is 588 Å². The van der Waals surface area contributed by atoms with E-state index in [1.54, 1.807) is 0 Å². The second-order valence-electron chi connectivity index (χ2n) is 22.1. The molecule has 94 heavy (non-hydrogen) atoms. The number of rotatable bonds is 40. The molecule has 0 spiro atoms. The first-order valence-corrected chi connectivity index (χ1v) is 30.8. The average Bonchev–Trinajstić information content (AvgIpc) is 1.33. The molecule has 0 saturated carbocycles. The standard InChI is InChI=1S/C58H82N13O22P/c1-29(2)48(57(88)68-40(52(83)63-28-47(79)80)23-34-12-18-37(19-13-34)93-94(90,91)92)70-56(87)43(26-44(61)75)67-54(85)41(24-32-8-14-35(73)15-9-32)64-45(76)27-62-51(82)39(20-21-46(77)78)66-53(84)38(7-5-6-22-59)65-55(86)42(25-33-10-16-36(74)17-11-33)69-58(89)49(31(4)72)71-50(81)30(3)60/h8-19,29-31,38-43,48-49,72-74H,5-7,20-28,59-60H2,1-4H3,(H2,61,75)(H,62,82)(H,63,83)(H,64,76)(H,65,86)(H,66,84)(H,67,85)(H,68,88)(H,69,89)(H,70,87)(H,71,81)(H,77,78)(H,79,80)(H2,90,91,92)/t30-,31+,38-,39-,40-,41-,42-,43-,48-,49-/m0/s1. The predicted molar refractivity (Wildman–Crippen MR) is 329 cm³/mol. The molecule has 0 aliphatic carbocycles. The van der Waals surface area contributed by atoms with Crippen LogP contribution in [0.5, 0.6) is 17.2 Å². The number of nitrogens with one attached hydrogen (secondary N) is 10. The van der Waals surface area contributed by atoms with E-state index in [0.717, 1.165) is 12.1 Å². The minimum atomic E-state index is -4.96. The Labute approximate surface area is 538 Å². The van der Waals surface area contributed by atoms with E-state index >= 15 is 0 Å². The largest absolute Gasteiger partial charge is 0.524 e. The first-order valence-electron chi connectivity index (χ1n) is 29.3. The first kappa shape index (κ1) is 78.4. The molecular formula is C58H82N13O22P. The molecule has 0 aliphatic heterocycles. The zero-order valence-electron chi connectivity index (χ0n) is 51.7. The normalized spacial score (nSPS) is 14.4. The maximum Gasteiger partial charge on any atom is 0.524 e. The summed E-state index contributed by atoms with van der Waals surface area (Å²) in [6.45, 7) is 3.72. The molecule has 0 aliphatic rings. The fraction of sp³-hybridized carbons (Fsp3) is 0.466. The van der Waals surface area contributed by atoms with Crippen LogP contribution in [0.3, 0.4) is 0 Å². The number of aromatic hydroxyl groups is 2. The molecule has 23 N–H and O–H groups in total. The Kier molecular flexibility index (Phi) is 31.9. The number of aliphatic hydroxyl groups excluding tert-OH is 1. The van der Waals surface area contributed by atoms with Crippen molar-refractivity contribution in [1.82, 2.24) is 53.2 Å². The van der Waals surface area contributed by atoms with Gasteiger partial charge in [0.15, 0.2) is 0 Å². The van der Waals surface area contributed by atoms with Gasteiger partial charge in [0.1, 0.15) is 72.1 Å². The third kappa shape index (κ3) is 28.8. The number of amides is 11. The second kappa shape index (κ2) is 38.3. The number of unbranched alkanes of at least 4 members (excludes halogenated alkanes) is 1. The van der Waals surface area contributed by atoms with Crippen LogP contribution in [0.15, 0.2) is 72.8 Å². The number of phenols is 2. The number of carbonyl (C=O) groups is 13. The Balaban J connectivity index is 1.90. The van der Waals surface area contributed by atoms with Gasteiger partial charge in [0, 0.05) is 25.7 Å². The van der Waals surface area contributed by atoms with E-state index < -0.39 is 190 Å². The Morgan fingerprint density at radius 3 is 1.34 bits per heavy atom. The van der Waals surface area contributed by atoms with Crippen molar-refractivity contribution < 1.29 is 107 Å². The third-order valence-electron chi connectivity index (χ3n) is 13.7. The van der Waals surface area contributed by atoms with Crippen LogP contribution in [0.25, 0.3) is 0 Å². The van der Waals surface area contributed by atoms with E-state index in [9.17, 15) is 92.4 Å². The van der Waals surface area contributed by atoms with Crippen LogP contribution < -0.4 is 74.9 Å². The quantitative estimate of drug-likeness (QED) is 0.0187. The number of primary amides is 1. The number of phosphoric ester groups is 1. The highest BCUT2D eigenvalue weighted by atomic mass is 31.2. The highest BCUT2D eigenvalue weighted by Gasteiger charge is 2.37. The molecule has 0 unspecified atom stereocenters. The first-order chi connectivity index (χ1) is 44.0. The molecule has 11 amide bonds. The molecule has 0 bridgehead atoms. The van der Waals surface area contributed by atoms with Crippen molar-refractivity contribution >= 4 is 84.7 Å². The molecule has 3 aromatic carbocycles. The van der Waals surface area contributed by atoms with Gasteiger partial charge in [-0.15, -0.1) is 0 Å². The predicted octanol–water partition coefficient (Wildman–Crippen LogP) is -4.95. The SMILES string of the molecule is CC(C)[C@H](NC(=O)[C@H](CC(N)=O)NC(=O)[C@H](Cc1ccc(O)cc1)NC(=O)CNC(=O)[C@H](CCC(=O)O)NC(=O)[C@H](CCCCN)NC(=O)[C@H](Cc1ccc(O)cc1)NC(=O)[C@@H](NC(=O)[C@H](C)N)[C@@H](C)O)C(=O)N[C@@H](Cc1ccc(OP(=O)(O)O)cc1)C(=O)NCC(=O)O. The molecule has 0 heterocycles. The summed E-state index contributed by atoms with van der Waals surface area (Å²) in [6, 6.07) is 1.28. The molecule has 516 valence electrons. The van der Waals surface area contributed by atoms with Gasteiger partial charge in [-0.1, -0.05) is 50.2 Å². The van der Waals surface area contributed by atoms with Crippen LogP contribution in [-0.2, 0) is 86.2 Å². The lowest BCUT2D eigenvalue weighted by Crippen LogP contribution is -2.61. The van der Waals surface area contributed by atoms with Gasteiger partial charge in [-0.25, -0.2) is 4.57 Å². The van der Waals surface area contributed by atoms with Crippen molar-refractivity contribution in [2.24, 2.45) is 23.1 Å². The molecule has 10 atom stereocenters. The number of hydrogen-bond acceptors (Lipinski definition) is 20. The molecular weight excluding hydrogens is 1260 g/mol. The Morgan fingerprint density at radius 2 is 0.894 bits per heavy atom. The van der Waals surface area contributed by atoms with Crippen molar-refractivity contribution in [3.8, 4) is 17.2 Å². The fourth-order valence-corrected chi connectivity index (χ4v) is 9.17. The Hall–Kier alpha value is -9.80. The van der Waals surface area contributed by atoms with E-state index in [1.807, 2.05) is 0 Å². The average molecular weight is 1340 g/mol. The van der Waals surface area contributed by atoms with Crippen LogP contribution in [-0.4, -0.2) is 192 Å². The maximum atomic E-state index is 14.3. The van der Waals surface area contributed by atoms with Gasteiger partial charge in [0.25, 0.3) is 0 Å². The third-order valence-corrected chi connectivity index (χ3v) is 14.2. The lowest BCUT2D eigenvalue weighted by atomic mass is 10.00. The van der Waals surface area contributed by atoms with Crippen LogP contribution in [0, 0.1) is 5.92 Å². The number of aliphatic carboxylic acids is 2. The van der Waals surface area contributed by atoms with Crippen LogP contribution in [0.2, 0.25) is 0 Å². The Bertz CT molecular complexity index is 3190. The van der Waals surface area contributed by atoms with Gasteiger partial charge < -0.3 is 100 Å². The zero-order chi connectivity index (χ0) is 70.6. The van der Waals surface area contributed by atoms with Crippen molar-refractivity contribution in [3.63, 3.8) is 0 Å². The second-order valence-corrected chi connectivity index (χ2v) is 23.2. The van der Waals surface area contributed by atoms with Gasteiger partial charge in [-0.05, 0) is 105 Å². The van der Waals surface area contributed by atoms with Crippen molar-refractivity contribution in [3.05, 3.63) is 89.5 Å². The number of carbonyl (C=O) groups excluding carboxylic acids is 11. The highest BCUT2D eigenvalue weighted by Crippen LogP contribution is 2.37. The number of phosphoric acid groups is 1. The van der Waals surface area contributed by atoms with Crippen molar-refractivity contribution in [2.75, 3.05) is 19.6 Å². The van der Waals surface area contributed by atoms with Crippen molar-refractivity contribution in [1.29, 1.82) is 0 Å². The van der Waals surface area contributed by atoms with Gasteiger partial charge >= 0.3 is 19.8 Å². The van der Waals surface area contributed by atoms with Crippen LogP contribution >= 0.6 is 7.82 Å². The lowest BCUT2D eigenvalue weighted by molar-refractivity contribution is -0.139. The smallest absolute Gasteiger partial charge is 0.508 e. The van der Waals surface area contributed by atoms with Gasteiger partial charge in [-0.2, -0.15) is 0 Å². The minimum Gasteiger partial charge on any atom is -0.508 e. The molecule has 0 saturated heterocycles. The molecule has 36 heteroatoms. The number of aliphatic hydroxyl groups is 1. The molecule has 0 fully saturated rings. The number of hydrogen-bond donors (Lipinski definition) is 20. The number of phenolic OH excluding ortho intramolecular Hbond substituents is 2. The zero-order valence-corrected chi connectivity index (χ0v) is 52.6. The van der Waals surface area contributed by atoms with Crippen LogP contribution in [0.1, 0.15) is 82.9 Å². The van der Waals surface area contributed by atoms with Gasteiger partial charge in [0.05, 0.1) is 25.1 Å². The summed E-state index contributed by atoms with van der Waals surface area (Å²) in [5, 5.41) is 72.7. The maximum absolute atomic E-state index is 14.3. The molecule has 3 rings (SSSR count). The summed E-state index contributed by atoms with van der Waals surface area (Å²) in [6.07, 6.45) is -4.44. The monoisotopic (exact) mass is 1340 g/mol. The number of benzene rings is 3. The summed E-state index contributed by atoms with van der Waals surface area (Å²) in [4.78, 5) is 192. The summed E-state index contributed by atoms with van der Waals surface area (Å²) >= 11 is 0. The highest BCUT2D eigenvalue weighted by molar-refractivity contribution is 7.46. The van der Waals surface area contributed by atoms with E-state index in [2.05, 4.69) is 57.7 Å². The van der Waals surface area contributed by atoms with E-state index in [4.69, 9.17) is 27.0 Å². The number of carboxylic acid groups (broad SMARTS) is 2. The van der Waals surface area contributed by atoms with Crippen LogP contribution in [0.4, 0.5) is 0 Å². The molecule has 3 aromatic rings. The number of carboxylic acids is 2. The molecule has 0 radical (unpaired) electrons. The molecule has 35 nitrogen and oxygen atoms in total. The van der Waals surface area contributed by atoms with Gasteiger partial charge in [-0.3, -0.25) is 72.1 Å². The number of nitrogens with two attached hydrogens (primary N) is 3. The Morgan fingerprint density at radius 1 is 0.489 bits per heavy atom. The van der Waals surface area contributed by atoms with E-state index in [-0.39, 0.29) is 60.6 Å². The summed E-state index contributed by atoms with van der Waals surface area (Å²) in [5.41, 5.74) is 17.8. The lowest BCUT2D eigenvalue weighted by Gasteiger charge is -2.28. The molecule has 0 aromatic heterocycles. The summed E-state index contributed by atoms with van der Waals surface area (Å²) in [5.74, 6) is -16.0. The summed E-state index contributed by atoms with van der Waals surface area (Å²) < 4.78 is 15.8. The van der Waals surface area contributed by atoms with E-state index in [1.165, 1.54) is 88.4 Å². The minimum absolute atomic E-state index is 0.137. The van der Waals surface area contributed by atoms with E-state index in [0.29, 0.717) is 12.0 Å². The fourth-order valence-electron chi connectivity index (χ4n) is 8.77. The van der Waals surface area contributed by atoms with Crippen molar-refractivity contribution in [2.45, 2.75) is 146 Å². The van der Waals surface area contributed by atoms with Gasteiger partial charge in [0.2, 0.25) is 65.0 Å². The summed E-state index contributed by atoms with van der Waals surface area (Å²) in [7, 11) is -4.96.